The average Bonchev–Trinajstić information content (AvgIpc) is 2.34. The topological polar surface area (TPSA) is 50.7 Å². The van der Waals surface area contributed by atoms with Gasteiger partial charge in [-0.3, -0.25) is 0 Å². The van der Waals surface area contributed by atoms with Crippen LogP contribution in [0.1, 0.15) is 29.9 Å². The van der Waals surface area contributed by atoms with Crippen molar-refractivity contribution in [2.45, 2.75) is 26.8 Å². The van der Waals surface area contributed by atoms with E-state index in [-0.39, 0.29) is 11.9 Å². The molecule has 1 unspecified atom stereocenters. The lowest BCUT2D eigenvalue weighted by Gasteiger charge is -2.14. The highest BCUT2D eigenvalue weighted by atomic mass is 19.1. The fraction of sp³-hybridized carbons (Fsp3) is 0.308. The number of nitrogens with zero attached hydrogens (tertiary/aromatic N) is 3. The fourth-order valence-electron chi connectivity index (χ4n) is 1.57. The molecule has 5 heteroatoms. The molecule has 1 aromatic heterocycles. The molecule has 2 rings (SSSR count). The normalized spacial score (nSPS) is 12.2. The van der Waals surface area contributed by atoms with E-state index in [0.29, 0.717) is 5.95 Å². The Morgan fingerprint density at radius 3 is 2.61 bits per heavy atom. The van der Waals surface area contributed by atoms with Crippen molar-refractivity contribution in [3.05, 3.63) is 47.0 Å². The van der Waals surface area contributed by atoms with Gasteiger partial charge < -0.3 is 5.32 Å². The van der Waals surface area contributed by atoms with Gasteiger partial charge in [0.15, 0.2) is 0 Å². The Morgan fingerprint density at radius 1 is 1.17 bits per heavy atom. The third-order valence-electron chi connectivity index (χ3n) is 2.79. The predicted octanol–water partition coefficient (Wildman–Crippen LogP) is 2.80. The number of hydrogen-bond donors (Lipinski definition) is 1. The van der Waals surface area contributed by atoms with Crippen LogP contribution in [-0.4, -0.2) is 15.2 Å². The lowest BCUT2D eigenvalue weighted by molar-refractivity contribution is 0.623. The van der Waals surface area contributed by atoms with Crippen LogP contribution in [0.3, 0.4) is 0 Å². The van der Waals surface area contributed by atoms with E-state index in [1.165, 1.54) is 12.1 Å². The number of benzene rings is 1. The summed E-state index contributed by atoms with van der Waals surface area (Å²) in [5.41, 5.74) is 2.48. The molecular formula is C13H15FN4. The third-order valence-corrected chi connectivity index (χ3v) is 2.79. The van der Waals surface area contributed by atoms with Crippen molar-refractivity contribution in [1.82, 2.24) is 15.2 Å². The number of aryl methyl sites for hydroxylation is 2. The van der Waals surface area contributed by atoms with Crippen molar-refractivity contribution in [3.63, 3.8) is 0 Å². The van der Waals surface area contributed by atoms with Crippen LogP contribution < -0.4 is 5.32 Å². The van der Waals surface area contributed by atoms with Crippen LogP contribution in [0, 0.1) is 19.7 Å². The Balaban J connectivity index is 2.16. The van der Waals surface area contributed by atoms with Crippen LogP contribution in [0.25, 0.3) is 0 Å². The number of rotatable bonds is 3. The molecule has 18 heavy (non-hydrogen) atoms. The minimum Gasteiger partial charge on any atom is -0.346 e. The van der Waals surface area contributed by atoms with E-state index in [2.05, 4.69) is 20.5 Å². The summed E-state index contributed by atoms with van der Waals surface area (Å²) < 4.78 is 13.1. The molecule has 1 heterocycles. The van der Waals surface area contributed by atoms with Crippen molar-refractivity contribution in [2.24, 2.45) is 0 Å². The van der Waals surface area contributed by atoms with E-state index in [1.807, 2.05) is 26.8 Å². The molecular weight excluding hydrogens is 231 g/mol. The Kier molecular flexibility index (Phi) is 3.50. The van der Waals surface area contributed by atoms with Crippen molar-refractivity contribution < 1.29 is 4.39 Å². The van der Waals surface area contributed by atoms with Crippen LogP contribution in [-0.2, 0) is 0 Å². The molecule has 0 bridgehead atoms. The molecule has 1 N–H and O–H groups in total. The summed E-state index contributed by atoms with van der Waals surface area (Å²) in [5.74, 6) is 0.204. The van der Waals surface area contributed by atoms with E-state index in [0.717, 1.165) is 17.0 Å². The minimum absolute atomic E-state index is 0.0791. The van der Waals surface area contributed by atoms with Gasteiger partial charge in [-0.25, -0.2) is 9.37 Å². The molecule has 1 aromatic carbocycles. The second kappa shape index (κ2) is 5.08. The minimum atomic E-state index is -0.250. The third kappa shape index (κ3) is 2.80. The van der Waals surface area contributed by atoms with E-state index < -0.39 is 0 Å². The molecule has 0 aliphatic carbocycles. The summed E-state index contributed by atoms with van der Waals surface area (Å²) in [6, 6.07) is 6.37. The lowest BCUT2D eigenvalue weighted by atomic mass is 10.1. The van der Waals surface area contributed by atoms with Crippen LogP contribution in [0.2, 0.25) is 0 Å². The molecule has 1 atom stereocenters. The molecule has 0 saturated heterocycles. The first kappa shape index (κ1) is 12.4. The Morgan fingerprint density at radius 2 is 1.94 bits per heavy atom. The van der Waals surface area contributed by atoms with Gasteiger partial charge in [-0.1, -0.05) is 12.1 Å². The van der Waals surface area contributed by atoms with Crippen molar-refractivity contribution in [2.75, 3.05) is 5.32 Å². The zero-order chi connectivity index (χ0) is 13.1. The summed E-state index contributed by atoms with van der Waals surface area (Å²) in [6.45, 7) is 5.66. The highest BCUT2D eigenvalue weighted by Crippen LogP contribution is 2.17. The summed E-state index contributed by atoms with van der Waals surface area (Å²) in [7, 11) is 0. The first-order chi connectivity index (χ1) is 8.56. The molecule has 0 aliphatic heterocycles. The quantitative estimate of drug-likeness (QED) is 0.904. The van der Waals surface area contributed by atoms with Crippen LogP contribution in [0.5, 0.6) is 0 Å². The van der Waals surface area contributed by atoms with Gasteiger partial charge in [0.1, 0.15) is 5.82 Å². The van der Waals surface area contributed by atoms with Gasteiger partial charge in [-0.2, -0.15) is 5.10 Å². The number of anilines is 1. The Hall–Kier alpha value is -2.04. The molecule has 4 nitrogen and oxygen atoms in total. The first-order valence-electron chi connectivity index (χ1n) is 5.76. The number of aromatic nitrogens is 3. The highest BCUT2D eigenvalue weighted by Gasteiger charge is 2.09. The van der Waals surface area contributed by atoms with E-state index in [9.17, 15) is 4.39 Å². The summed E-state index contributed by atoms with van der Waals surface area (Å²) in [4.78, 5) is 4.28. The van der Waals surface area contributed by atoms with Crippen molar-refractivity contribution >= 4 is 5.95 Å². The van der Waals surface area contributed by atoms with Crippen LogP contribution in [0.15, 0.2) is 24.3 Å². The van der Waals surface area contributed by atoms with Gasteiger partial charge in [0, 0.05) is 0 Å². The van der Waals surface area contributed by atoms with Gasteiger partial charge in [0.05, 0.1) is 17.4 Å². The van der Waals surface area contributed by atoms with Gasteiger partial charge in [-0.15, -0.1) is 5.10 Å². The van der Waals surface area contributed by atoms with E-state index >= 15 is 0 Å². The maximum absolute atomic E-state index is 13.1. The number of halogens is 1. The second-order valence-electron chi connectivity index (χ2n) is 4.23. The summed E-state index contributed by atoms with van der Waals surface area (Å²) >= 11 is 0. The van der Waals surface area contributed by atoms with Crippen molar-refractivity contribution in [3.8, 4) is 0 Å². The molecule has 0 radical (unpaired) electrons. The maximum atomic E-state index is 13.1. The average molecular weight is 246 g/mol. The largest absolute Gasteiger partial charge is 0.346 e. The highest BCUT2D eigenvalue weighted by molar-refractivity contribution is 5.31. The monoisotopic (exact) mass is 246 g/mol. The van der Waals surface area contributed by atoms with E-state index in [1.54, 1.807) is 6.07 Å². The van der Waals surface area contributed by atoms with Crippen LogP contribution in [0.4, 0.5) is 10.3 Å². The standard InChI is InChI=1S/C13H15FN4/c1-8-9(2)17-18-13(15-8)16-10(3)11-5-4-6-12(14)7-11/h4-7,10H,1-3H3,(H,15,16,18). The summed E-state index contributed by atoms with van der Waals surface area (Å²) in [6.07, 6.45) is 0. The van der Waals surface area contributed by atoms with Gasteiger partial charge >= 0.3 is 0 Å². The first-order valence-corrected chi connectivity index (χ1v) is 5.76. The molecule has 0 spiro atoms. The summed E-state index contributed by atoms with van der Waals surface area (Å²) in [5, 5.41) is 11.1. The Bertz CT molecular complexity index is 556. The smallest absolute Gasteiger partial charge is 0.243 e. The number of hydrogen-bond acceptors (Lipinski definition) is 4. The van der Waals surface area contributed by atoms with Crippen LogP contribution >= 0.6 is 0 Å². The molecule has 94 valence electrons. The molecule has 0 amide bonds. The second-order valence-corrected chi connectivity index (χ2v) is 4.23. The van der Waals surface area contributed by atoms with E-state index in [4.69, 9.17) is 0 Å². The Labute approximate surface area is 105 Å². The van der Waals surface area contributed by atoms with Crippen molar-refractivity contribution in [1.29, 1.82) is 0 Å². The molecule has 2 aromatic rings. The molecule has 0 saturated carbocycles. The van der Waals surface area contributed by atoms with Gasteiger partial charge in [0.25, 0.3) is 0 Å². The predicted molar refractivity (Wildman–Crippen MR) is 67.7 cm³/mol. The number of nitrogens with one attached hydrogen (secondary N) is 1. The van der Waals surface area contributed by atoms with Gasteiger partial charge in [-0.05, 0) is 38.5 Å². The van der Waals surface area contributed by atoms with Gasteiger partial charge in [0.2, 0.25) is 5.95 Å². The fourth-order valence-corrected chi connectivity index (χ4v) is 1.57. The molecule has 0 aliphatic rings. The maximum Gasteiger partial charge on any atom is 0.243 e. The molecule has 0 fully saturated rings. The zero-order valence-corrected chi connectivity index (χ0v) is 10.6. The zero-order valence-electron chi connectivity index (χ0n) is 10.6. The SMILES string of the molecule is Cc1nnc(NC(C)c2cccc(F)c2)nc1C. The lowest BCUT2D eigenvalue weighted by Crippen LogP contribution is -2.11.